The van der Waals surface area contributed by atoms with Gasteiger partial charge in [-0.15, -0.1) is 0 Å². The number of carbonyl (C=O) groups excluding carboxylic acids is 1. The van der Waals surface area contributed by atoms with Crippen molar-refractivity contribution in [3.63, 3.8) is 0 Å². The van der Waals surface area contributed by atoms with Gasteiger partial charge in [0.1, 0.15) is 5.60 Å². The molecule has 0 saturated carbocycles. The van der Waals surface area contributed by atoms with Gasteiger partial charge < -0.3 is 4.74 Å². The highest BCUT2D eigenvalue weighted by Crippen LogP contribution is 2.08. The Labute approximate surface area is 109 Å². The summed E-state index contributed by atoms with van der Waals surface area (Å²) in [4.78, 5) is 11.3. The van der Waals surface area contributed by atoms with Crippen LogP contribution in [0.3, 0.4) is 0 Å². The molecule has 0 aliphatic carbocycles. The first-order chi connectivity index (χ1) is 8.16. The molecule has 0 amide bonds. The molecule has 0 unspecified atom stereocenters. The molecule has 0 spiro atoms. The molecule has 0 aliphatic heterocycles. The highest BCUT2D eigenvalue weighted by Gasteiger charge is 2.15. The van der Waals surface area contributed by atoms with Gasteiger partial charge in [-0.3, -0.25) is 4.79 Å². The Morgan fingerprint density at radius 1 is 1.28 bits per heavy atom. The van der Waals surface area contributed by atoms with E-state index in [0.29, 0.717) is 12.8 Å². The van der Waals surface area contributed by atoms with Gasteiger partial charge in [0.25, 0.3) is 10.1 Å². The molecule has 0 bridgehead atoms. The Morgan fingerprint density at radius 2 is 1.89 bits per heavy atom. The molecule has 0 fully saturated rings. The summed E-state index contributed by atoms with van der Waals surface area (Å²) in [5.74, 6) is -0.327. The maximum absolute atomic E-state index is 11.3. The van der Waals surface area contributed by atoms with E-state index in [1.54, 1.807) is 27.7 Å². The average Bonchev–Trinajstić information content (AvgIpc) is 2.13. The molecule has 7 heteroatoms. The molecule has 0 radical (unpaired) electrons. The number of hydrogen-bond acceptors (Lipinski definition) is 6. The van der Waals surface area contributed by atoms with Gasteiger partial charge in [0.2, 0.25) is 0 Å². The van der Waals surface area contributed by atoms with Crippen molar-refractivity contribution in [3.05, 3.63) is 0 Å². The van der Waals surface area contributed by atoms with E-state index < -0.39 is 15.7 Å². The first-order valence-electron chi connectivity index (χ1n) is 6.02. The van der Waals surface area contributed by atoms with Crippen LogP contribution < -0.4 is 5.48 Å². The summed E-state index contributed by atoms with van der Waals surface area (Å²) in [7, 11) is -3.49. The lowest BCUT2D eigenvalue weighted by molar-refractivity contribution is -0.154. The normalized spacial score (nSPS) is 12.4. The average molecular weight is 281 g/mol. The van der Waals surface area contributed by atoms with Crippen molar-refractivity contribution in [2.45, 2.75) is 52.6 Å². The number of rotatable bonds is 8. The summed E-state index contributed by atoms with van der Waals surface area (Å²) in [6.07, 6.45) is 1.18. The van der Waals surface area contributed by atoms with Gasteiger partial charge >= 0.3 is 5.97 Å². The van der Waals surface area contributed by atoms with E-state index in [4.69, 9.17) is 4.74 Å². The monoisotopic (exact) mass is 281 g/mol. The van der Waals surface area contributed by atoms with Gasteiger partial charge in [-0.1, -0.05) is 6.92 Å². The lowest BCUT2D eigenvalue weighted by Crippen LogP contribution is -2.26. The fourth-order valence-corrected chi connectivity index (χ4v) is 1.97. The van der Waals surface area contributed by atoms with Crippen LogP contribution in [0.15, 0.2) is 0 Å². The minimum absolute atomic E-state index is 0.0218. The number of hydroxylamine groups is 1. The first-order valence-corrected chi connectivity index (χ1v) is 7.60. The largest absolute Gasteiger partial charge is 0.460 e. The molecule has 0 aromatic heterocycles. The molecule has 0 aliphatic rings. The molecule has 6 nitrogen and oxygen atoms in total. The Kier molecular flexibility index (Phi) is 7.42. The zero-order valence-electron chi connectivity index (χ0n) is 11.5. The van der Waals surface area contributed by atoms with Crippen LogP contribution in [0.2, 0.25) is 0 Å². The minimum atomic E-state index is -3.49. The molecule has 0 rings (SSSR count). The molecule has 1 N–H and O–H groups in total. The maximum Gasteiger partial charge on any atom is 0.306 e. The molecule has 0 atom stereocenters. The quantitative estimate of drug-likeness (QED) is 0.411. The van der Waals surface area contributed by atoms with E-state index in [1.165, 1.54) is 0 Å². The number of carbonyl (C=O) groups is 1. The number of esters is 1. The highest BCUT2D eigenvalue weighted by molar-refractivity contribution is 7.86. The standard InChI is InChI=1S/C11H23NO5S/c1-5-9-18(14,15)17-12-8-6-7-10(13)16-11(2,3)4/h12H,5-9H2,1-4H3. The van der Waals surface area contributed by atoms with Gasteiger partial charge in [0, 0.05) is 13.0 Å². The highest BCUT2D eigenvalue weighted by atomic mass is 32.2. The third kappa shape index (κ3) is 10.5. The predicted octanol–water partition coefficient (Wildman–Crippen LogP) is 1.37. The van der Waals surface area contributed by atoms with Crippen LogP contribution in [0.5, 0.6) is 0 Å². The van der Waals surface area contributed by atoms with Crippen molar-refractivity contribution in [1.82, 2.24) is 5.48 Å². The van der Waals surface area contributed by atoms with Crippen molar-refractivity contribution in [1.29, 1.82) is 0 Å². The topological polar surface area (TPSA) is 81.7 Å². The van der Waals surface area contributed by atoms with Crippen LogP contribution in [-0.4, -0.2) is 32.3 Å². The van der Waals surface area contributed by atoms with Crippen LogP contribution in [-0.2, 0) is 23.9 Å². The minimum Gasteiger partial charge on any atom is -0.460 e. The first kappa shape index (κ1) is 17.3. The van der Waals surface area contributed by atoms with Gasteiger partial charge in [0.05, 0.1) is 5.75 Å². The fourth-order valence-electron chi connectivity index (χ4n) is 1.12. The number of hydrogen-bond donors (Lipinski definition) is 1. The van der Waals surface area contributed by atoms with Crippen molar-refractivity contribution in [2.75, 3.05) is 12.3 Å². The molecular formula is C11H23NO5S. The smallest absolute Gasteiger partial charge is 0.306 e. The Balaban J connectivity index is 3.66. The summed E-state index contributed by atoms with van der Waals surface area (Å²) in [6.45, 7) is 7.42. The summed E-state index contributed by atoms with van der Waals surface area (Å²) < 4.78 is 31.9. The van der Waals surface area contributed by atoms with Gasteiger partial charge in [0.15, 0.2) is 0 Å². The van der Waals surface area contributed by atoms with E-state index in [-0.39, 0.29) is 24.7 Å². The van der Waals surface area contributed by atoms with Gasteiger partial charge in [-0.05, 0) is 33.6 Å². The molecule has 18 heavy (non-hydrogen) atoms. The molecular weight excluding hydrogens is 258 g/mol. The Hall–Kier alpha value is -0.660. The molecule has 0 aromatic rings. The summed E-state index contributed by atoms with van der Waals surface area (Å²) in [5, 5.41) is 0. The van der Waals surface area contributed by atoms with E-state index in [9.17, 15) is 13.2 Å². The van der Waals surface area contributed by atoms with Crippen molar-refractivity contribution in [2.24, 2.45) is 0 Å². The van der Waals surface area contributed by atoms with Gasteiger partial charge in [-0.25, -0.2) is 0 Å². The molecule has 108 valence electrons. The third-order valence-electron chi connectivity index (χ3n) is 1.72. The van der Waals surface area contributed by atoms with E-state index >= 15 is 0 Å². The predicted molar refractivity (Wildman–Crippen MR) is 68.2 cm³/mol. The zero-order chi connectivity index (χ0) is 14.2. The maximum atomic E-state index is 11.3. The SMILES string of the molecule is CCCS(=O)(=O)ONCCCC(=O)OC(C)(C)C. The zero-order valence-corrected chi connectivity index (χ0v) is 12.3. The Bertz CT molecular complexity index is 345. The van der Waals surface area contributed by atoms with E-state index in [2.05, 4.69) is 9.76 Å². The van der Waals surface area contributed by atoms with Crippen LogP contribution in [0.1, 0.15) is 47.0 Å². The van der Waals surface area contributed by atoms with Crippen LogP contribution in [0, 0.1) is 0 Å². The van der Waals surface area contributed by atoms with Crippen molar-refractivity contribution < 1.29 is 22.2 Å². The lowest BCUT2D eigenvalue weighted by atomic mass is 10.2. The van der Waals surface area contributed by atoms with E-state index in [1.807, 2.05) is 0 Å². The molecule has 0 aromatic carbocycles. The van der Waals surface area contributed by atoms with Crippen LogP contribution in [0.4, 0.5) is 0 Å². The second-order valence-electron chi connectivity index (χ2n) is 4.93. The summed E-state index contributed by atoms with van der Waals surface area (Å²) >= 11 is 0. The molecule has 0 saturated heterocycles. The van der Waals surface area contributed by atoms with Gasteiger partial charge in [-0.2, -0.15) is 18.2 Å². The van der Waals surface area contributed by atoms with Crippen LogP contribution in [0.25, 0.3) is 0 Å². The van der Waals surface area contributed by atoms with E-state index in [0.717, 1.165) is 0 Å². The summed E-state index contributed by atoms with van der Waals surface area (Å²) in [6, 6.07) is 0. The third-order valence-corrected chi connectivity index (χ3v) is 3.00. The fraction of sp³-hybridized carbons (Fsp3) is 0.909. The lowest BCUT2D eigenvalue weighted by Gasteiger charge is -2.19. The second kappa shape index (κ2) is 7.70. The van der Waals surface area contributed by atoms with Crippen molar-refractivity contribution >= 4 is 16.1 Å². The number of nitrogens with one attached hydrogen (secondary N) is 1. The summed E-state index contributed by atoms with van der Waals surface area (Å²) in [5.41, 5.74) is 1.84. The molecule has 0 heterocycles. The number of ether oxygens (including phenoxy) is 1. The Morgan fingerprint density at radius 3 is 2.39 bits per heavy atom. The van der Waals surface area contributed by atoms with Crippen LogP contribution >= 0.6 is 0 Å². The van der Waals surface area contributed by atoms with Crippen molar-refractivity contribution in [3.8, 4) is 0 Å². The second-order valence-corrected chi connectivity index (χ2v) is 6.62.